The fraction of sp³-hybridized carbons (Fsp3) is 0.667. The molecule has 2 heteroatoms. The zero-order valence-corrected chi connectivity index (χ0v) is 8.08. The van der Waals surface area contributed by atoms with Crippen LogP contribution >= 0.6 is 0 Å². The highest BCUT2D eigenvalue weighted by Crippen LogP contribution is 2.49. The van der Waals surface area contributed by atoms with E-state index in [1.54, 1.807) is 12.2 Å². The SMILES string of the molecule is O[C@@H]1C=C[C@H](O)[C@@H]2[C@H]1[C@H]1C=C[C@H]2CC1. The molecule has 0 aromatic carbocycles. The summed E-state index contributed by atoms with van der Waals surface area (Å²) in [6, 6.07) is 0. The van der Waals surface area contributed by atoms with E-state index in [-0.39, 0.29) is 24.0 Å². The Labute approximate surface area is 83.9 Å². The van der Waals surface area contributed by atoms with E-state index in [2.05, 4.69) is 12.2 Å². The Morgan fingerprint density at radius 2 is 1.14 bits per heavy atom. The predicted octanol–water partition coefficient (Wildman–Crippen LogP) is 1.11. The molecule has 0 saturated heterocycles. The molecule has 4 aliphatic rings. The van der Waals surface area contributed by atoms with Crippen molar-refractivity contribution in [3.8, 4) is 0 Å². The van der Waals surface area contributed by atoms with E-state index in [1.165, 1.54) is 12.8 Å². The summed E-state index contributed by atoms with van der Waals surface area (Å²) in [6.07, 6.45) is 9.68. The third-order valence-electron chi connectivity index (χ3n) is 4.17. The molecule has 0 radical (unpaired) electrons. The maximum atomic E-state index is 9.91. The zero-order chi connectivity index (χ0) is 9.71. The molecule has 0 spiro atoms. The summed E-state index contributed by atoms with van der Waals surface area (Å²) in [6.45, 7) is 0. The van der Waals surface area contributed by atoms with Crippen molar-refractivity contribution < 1.29 is 10.2 Å². The zero-order valence-electron chi connectivity index (χ0n) is 8.08. The summed E-state index contributed by atoms with van der Waals surface area (Å²) in [7, 11) is 0. The molecule has 0 amide bonds. The molecule has 4 rings (SSSR count). The lowest BCUT2D eigenvalue weighted by molar-refractivity contribution is -0.0382. The van der Waals surface area contributed by atoms with Crippen molar-refractivity contribution in [2.45, 2.75) is 25.0 Å². The topological polar surface area (TPSA) is 40.5 Å². The first-order valence-corrected chi connectivity index (χ1v) is 5.50. The van der Waals surface area contributed by atoms with Crippen LogP contribution in [0.2, 0.25) is 0 Å². The first-order chi connectivity index (χ1) is 6.77. The number of hydrogen-bond donors (Lipinski definition) is 2. The van der Waals surface area contributed by atoms with Gasteiger partial charge in [-0.2, -0.15) is 0 Å². The average Bonchev–Trinajstić information content (AvgIpc) is 2.25. The summed E-state index contributed by atoms with van der Waals surface area (Å²) in [5.41, 5.74) is 0. The fourth-order valence-electron chi connectivity index (χ4n) is 3.52. The molecule has 1 saturated carbocycles. The van der Waals surface area contributed by atoms with E-state index in [0.717, 1.165) is 0 Å². The molecule has 0 aliphatic heterocycles. The van der Waals surface area contributed by atoms with Crippen molar-refractivity contribution in [2.24, 2.45) is 23.7 Å². The fourth-order valence-corrected chi connectivity index (χ4v) is 3.52. The van der Waals surface area contributed by atoms with Gasteiger partial charge in [-0.3, -0.25) is 0 Å². The van der Waals surface area contributed by atoms with Gasteiger partial charge in [-0.05, 0) is 24.7 Å². The van der Waals surface area contributed by atoms with Gasteiger partial charge in [-0.15, -0.1) is 0 Å². The summed E-state index contributed by atoms with van der Waals surface area (Å²) < 4.78 is 0. The standard InChI is InChI=1S/C12H16O2/c13-9-5-6-10(14)12-8-2-1-7(3-4-8)11(9)12/h1-2,5-14H,3-4H2/t7-,8-,9-,10+,11+,12-/m0/s1. The van der Waals surface area contributed by atoms with Gasteiger partial charge in [-0.25, -0.2) is 0 Å². The molecule has 2 bridgehead atoms. The smallest absolute Gasteiger partial charge is 0.0759 e. The average molecular weight is 192 g/mol. The molecule has 0 aromatic rings. The van der Waals surface area contributed by atoms with Crippen molar-refractivity contribution >= 4 is 0 Å². The number of fused-ring (bicyclic) bond motifs is 1. The first kappa shape index (κ1) is 8.69. The minimum Gasteiger partial charge on any atom is -0.389 e. The highest BCUT2D eigenvalue weighted by Gasteiger charge is 2.47. The van der Waals surface area contributed by atoms with E-state index in [9.17, 15) is 10.2 Å². The van der Waals surface area contributed by atoms with Crippen molar-refractivity contribution in [1.82, 2.24) is 0 Å². The molecule has 6 atom stereocenters. The number of hydrogen-bond acceptors (Lipinski definition) is 2. The lowest BCUT2D eigenvalue weighted by atomic mass is 9.57. The van der Waals surface area contributed by atoms with Crippen molar-refractivity contribution in [2.75, 3.05) is 0 Å². The Kier molecular flexibility index (Phi) is 1.83. The van der Waals surface area contributed by atoms with E-state index in [4.69, 9.17) is 0 Å². The quantitative estimate of drug-likeness (QED) is 0.564. The number of allylic oxidation sites excluding steroid dienone is 2. The van der Waals surface area contributed by atoms with Gasteiger partial charge in [0, 0.05) is 11.8 Å². The molecule has 14 heavy (non-hydrogen) atoms. The number of aliphatic hydroxyl groups is 2. The highest BCUT2D eigenvalue weighted by atomic mass is 16.3. The largest absolute Gasteiger partial charge is 0.389 e. The van der Waals surface area contributed by atoms with E-state index in [1.807, 2.05) is 0 Å². The van der Waals surface area contributed by atoms with Gasteiger partial charge < -0.3 is 10.2 Å². The third-order valence-corrected chi connectivity index (χ3v) is 4.17. The van der Waals surface area contributed by atoms with Crippen LogP contribution in [0.1, 0.15) is 12.8 Å². The van der Waals surface area contributed by atoms with Gasteiger partial charge >= 0.3 is 0 Å². The minimum atomic E-state index is -0.346. The van der Waals surface area contributed by atoms with Gasteiger partial charge in [0.2, 0.25) is 0 Å². The van der Waals surface area contributed by atoms with Crippen LogP contribution < -0.4 is 0 Å². The first-order valence-electron chi connectivity index (χ1n) is 5.50. The molecule has 2 N–H and O–H groups in total. The Morgan fingerprint density at radius 3 is 1.50 bits per heavy atom. The Morgan fingerprint density at radius 1 is 0.714 bits per heavy atom. The lowest BCUT2D eigenvalue weighted by Crippen LogP contribution is -2.49. The molecule has 0 unspecified atom stereocenters. The molecule has 4 aliphatic carbocycles. The lowest BCUT2D eigenvalue weighted by Gasteiger charge is -2.49. The molecule has 76 valence electrons. The molecule has 0 aromatic heterocycles. The number of rotatable bonds is 0. The molecule has 1 fully saturated rings. The van der Waals surface area contributed by atoms with Crippen LogP contribution in [0.15, 0.2) is 24.3 Å². The van der Waals surface area contributed by atoms with Crippen LogP contribution in [-0.2, 0) is 0 Å². The van der Waals surface area contributed by atoms with Crippen LogP contribution in [0.5, 0.6) is 0 Å². The van der Waals surface area contributed by atoms with E-state index >= 15 is 0 Å². The van der Waals surface area contributed by atoms with Gasteiger partial charge in [0.25, 0.3) is 0 Å². The van der Waals surface area contributed by atoms with Gasteiger partial charge in [0.05, 0.1) is 12.2 Å². The predicted molar refractivity (Wildman–Crippen MR) is 53.5 cm³/mol. The van der Waals surface area contributed by atoms with Crippen LogP contribution in [0.25, 0.3) is 0 Å². The third kappa shape index (κ3) is 1.04. The van der Waals surface area contributed by atoms with E-state index < -0.39 is 0 Å². The minimum absolute atomic E-state index is 0.263. The molecule has 2 nitrogen and oxygen atoms in total. The Hall–Kier alpha value is -0.600. The second kappa shape index (κ2) is 2.94. The van der Waals surface area contributed by atoms with Gasteiger partial charge in [0.15, 0.2) is 0 Å². The van der Waals surface area contributed by atoms with Crippen LogP contribution in [0.4, 0.5) is 0 Å². The van der Waals surface area contributed by atoms with Crippen LogP contribution in [-0.4, -0.2) is 22.4 Å². The Balaban J connectivity index is 2.00. The molecule has 0 heterocycles. The van der Waals surface area contributed by atoms with Gasteiger partial charge in [-0.1, -0.05) is 24.3 Å². The van der Waals surface area contributed by atoms with Crippen molar-refractivity contribution in [1.29, 1.82) is 0 Å². The molecular formula is C12H16O2. The molecular weight excluding hydrogens is 176 g/mol. The highest BCUT2D eigenvalue weighted by molar-refractivity contribution is 5.19. The van der Waals surface area contributed by atoms with Gasteiger partial charge in [0.1, 0.15) is 0 Å². The summed E-state index contributed by atoms with van der Waals surface area (Å²) in [5, 5.41) is 19.8. The van der Waals surface area contributed by atoms with E-state index in [0.29, 0.717) is 11.8 Å². The maximum Gasteiger partial charge on any atom is 0.0759 e. The van der Waals surface area contributed by atoms with Crippen molar-refractivity contribution in [3.63, 3.8) is 0 Å². The van der Waals surface area contributed by atoms with Crippen LogP contribution in [0, 0.1) is 23.7 Å². The monoisotopic (exact) mass is 192 g/mol. The van der Waals surface area contributed by atoms with Crippen molar-refractivity contribution in [3.05, 3.63) is 24.3 Å². The number of aliphatic hydroxyl groups excluding tert-OH is 2. The summed E-state index contributed by atoms with van der Waals surface area (Å²) in [4.78, 5) is 0. The Bertz CT molecular complexity index is 265. The maximum absolute atomic E-state index is 9.91. The second-order valence-corrected chi connectivity index (χ2v) is 4.81. The summed E-state index contributed by atoms with van der Waals surface area (Å²) in [5.74, 6) is 1.50. The second-order valence-electron chi connectivity index (χ2n) is 4.81. The normalized spacial score (nSPS) is 54.7. The summed E-state index contributed by atoms with van der Waals surface area (Å²) >= 11 is 0. The van der Waals surface area contributed by atoms with Crippen LogP contribution in [0.3, 0.4) is 0 Å².